The monoisotopic (exact) mass is 192 g/mol. The lowest BCUT2D eigenvalue weighted by Crippen LogP contribution is -2.23. The summed E-state index contributed by atoms with van der Waals surface area (Å²) in [5.41, 5.74) is 2.20. The predicted molar refractivity (Wildman–Crippen MR) is 60.2 cm³/mol. The number of carbonyl (C=O) groups excluding carboxylic acids is 1. The van der Waals surface area contributed by atoms with Crippen molar-refractivity contribution in [1.82, 2.24) is 0 Å². The maximum Gasteiger partial charge on any atom is 0.181 e. The third-order valence-electron chi connectivity index (χ3n) is 2.98. The zero-order chi connectivity index (χ0) is 10.8. The molecule has 14 heavy (non-hydrogen) atoms. The van der Waals surface area contributed by atoms with E-state index in [0.717, 1.165) is 18.4 Å². The molecule has 1 aliphatic rings. The maximum atomic E-state index is 11.5. The Morgan fingerprint density at radius 2 is 2.14 bits per heavy atom. The zero-order valence-corrected chi connectivity index (χ0v) is 9.52. The van der Waals surface area contributed by atoms with Crippen molar-refractivity contribution in [3.8, 4) is 0 Å². The molecule has 78 valence electrons. The molecule has 0 saturated carbocycles. The van der Waals surface area contributed by atoms with Gasteiger partial charge in [-0.25, -0.2) is 0 Å². The van der Waals surface area contributed by atoms with Crippen molar-refractivity contribution >= 4 is 5.78 Å². The molecular formula is C13H20O. The number of ketones is 1. The molecule has 0 amide bonds. The van der Waals surface area contributed by atoms with E-state index in [1.807, 2.05) is 6.08 Å². The zero-order valence-electron chi connectivity index (χ0n) is 9.52. The summed E-state index contributed by atoms with van der Waals surface area (Å²) in [6.07, 6.45) is 6.04. The molecule has 0 aliphatic heterocycles. The van der Waals surface area contributed by atoms with Gasteiger partial charge in [-0.1, -0.05) is 39.3 Å². The second-order valence-electron chi connectivity index (χ2n) is 4.80. The van der Waals surface area contributed by atoms with Gasteiger partial charge in [-0.15, -0.1) is 0 Å². The SMILES string of the molecule is C=C1CC(C)(C)C(CCCC)=CC1=O. The van der Waals surface area contributed by atoms with Gasteiger partial charge in [0, 0.05) is 0 Å². The van der Waals surface area contributed by atoms with Crippen molar-refractivity contribution in [2.75, 3.05) is 0 Å². The molecule has 0 unspecified atom stereocenters. The van der Waals surface area contributed by atoms with E-state index in [4.69, 9.17) is 0 Å². The standard InChI is InChI=1S/C13H20O/c1-5-6-7-11-8-12(14)10(2)9-13(11,3)4/h8H,2,5-7,9H2,1,3-4H3. The van der Waals surface area contributed by atoms with Crippen LogP contribution in [0.15, 0.2) is 23.8 Å². The van der Waals surface area contributed by atoms with Crippen LogP contribution in [0.25, 0.3) is 0 Å². The highest BCUT2D eigenvalue weighted by molar-refractivity contribution is 6.05. The lowest BCUT2D eigenvalue weighted by molar-refractivity contribution is -0.112. The Morgan fingerprint density at radius 1 is 1.50 bits per heavy atom. The molecule has 0 N–H and O–H groups in total. The van der Waals surface area contributed by atoms with Crippen molar-refractivity contribution in [3.63, 3.8) is 0 Å². The van der Waals surface area contributed by atoms with Crippen LogP contribution in [0.4, 0.5) is 0 Å². The third kappa shape index (κ3) is 2.34. The van der Waals surface area contributed by atoms with Gasteiger partial charge in [-0.2, -0.15) is 0 Å². The molecule has 0 aromatic carbocycles. The second kappa shape index (κ2) is 4.12. The molecule has 0 saturated heterocycles. The average Bonchev–Trinajstić information content (AvgIpc) is 2.08. The molecule has 0 radical (unpaired) electrons. The van der Waals surface area contributed by atoms with Crippen molar-refractivity contribution in [1.29, 1.82) is 0 Å². The minimum atomic E-state index is 0.135. The molecule has 0 atom stereocenters. The molecule has 1 aliphatic carbocycles. The lowest BCUT2D eigenvalue weighted by atomic mass is 9.72. The fraction of sp³-hybridized carbons (Fsp3) is 0.615. The topological polar surface area (TPSA) is 17.1 Å². The van der Waals surface area contributed by atoms with Gasteiger partial charge in [0.25, 0.3) is 0 Å². The molecule has 0 aromatic heterocycles. The quantitative estimate of drug-likeness (QED) is 0.624. The van der Waals surface area contributed by atoms with Gasteiger partial charge in [0.05, 0.1) is 0 Å². The van der Waals surface area contributed by atoms with Crippen LogP contribution in [0.3, 0.4) is 0 Å². The van der Waals surface area contributed by atoms with E-state index in [0.29, 0.717) is 0 Å². The summed E-state index contributed by atoms with van der Waals surface area (Å²) in [4.78, 5) is 11.5. The van der Waals surface area contributed by atoms with Crippen LogP contribution in [0.1, 0.15) is 46.5 Å². The van der Waals surface area contributed by atoms with Gasteiger partial charge in [0.2, 0.25) is 0 Å². The van der Waals surface area contributed by atoms with Gasteiger partial charge >= 0.3 is 0 Å². The van der Waals surface area contributed by atoms with Crippen LogP contribution in [0, 0.1) is 5.41 Å². The van der Waals surface area contributed by atoms with E-state index in [-0.39, 0.29) is 11.2 Å². The summed E-state index contributed by atoms with van der Waals surface area (Å²) >= 11 is 0. The number of hydrogen-bond donors (Lipinski definition) is 0. The Labute approximate surface area is 86.9 Å². The molecule has 1 heteroatoms. The molecule has 0 spiro atoms. The van der Waals surface area contributed by atoms with Crippen molar-refractivity contribution < 1.29 is 4.79 Å². The number of carbonyl (C=O) groups is 1. The summed E-state index contributed by atoms with van der Waals surface area (Å²) in [5, 5.41) is 0. The summed E-state index contributed by atoms with van der Waals surface area (Å²) in [5.74, 6) is 0.135. The largest absolute Gasteiger partial charge is 0.290 e. The number of hydrogen-bond acceptors (Lipinski definition) is 1. The molecule has 0 heterocycles. The maximum absolute atomic E-state index is 11.5. The fourth-order valence-corrected chi connectivity index (χ4v) is 1.97. The fourth-order valence-electron chi connectivity index (χ4n) is 1.97. The first-order valence-electron chi connectivity index (χ1n) is 5.40. The molecular weight excluding hydrogens is 172 g/mol. The highest BCUT2D eigenvalue weighted by atomic mass is 16.1. The van der Waals surface area contributed by atoms with E-state index >= 15 is 0 Å². The van der Waals surface area contributed by atoms with Crippen molar-refractivity contribution in [2.24, 2.45) is 5.41 Å². The van der Waals surface area contributed by atoms with Crippen LogP contribution in [-0.4, -0.2) is 5.78 Å². The van der Waals surface area contributed by atoms with Gasteiger partial charge in [-0.3, -0.25) is 4.79 Å². The van der Waals surface area contributed by atoms with Crippen molar-refractivity contribution in [2.45, 2.75) is 46.5 Å². The van der Waals surface area contributed by atoms with E-state index in [1.54, 1.807) is 0 Å². The van der Waals surface area contributed by atoms with Crippen LogP contribution >= 0.6 is 0 Å². The molecule has 0 bridgehead atoms. The highest BCUT2D eigenvalue weighted by Crippen LogP contribution is 2.39. The summed E-state index contributed by atoms with van der Waals surface area (Å²) in [6.45, 7) is 10.4. The van der Waals surface area contributed by atoms with Crippen molar-refractivity contribution in [3.05, 3.63) is 23.8 Å². The molecule has 0 aromatic rings. The second-order valence-corrected chi connectivity index (χ2v) is 4.80. The van der Waals surface area contributed by atoms with Gasteiger partial charge < -0.3 is 0 Å². The molecule has 1 nitrogen and oxygen atoms in total. The van der Waals surface area contributed by atoms with Gasteiger partial charge in [0.15, 0.2) is 5.78 Å². The minimum absolute atomic E-state index is 0.135. The van der Waals surface area contributed by atoms with E-state index in [2.05, 4.69) is 27.4 Å². The van der Waals surface area contributed by atoms with Crippen LogP contribution in [0.5, 0.6) is 0 Å². The smallest absolute Gasteiger partial charge is 0.181 e. The number of unbranched alkanes of at least 4 members (excludes halogenated alkanes) is 1. The normalized spacial score (nSPS) is 20.9. The van der Waals surface area contributed by atoms with E-state index in [9.17, 15) is 4.79 Å². The minimum Gasteiger partial charge on any atom is -0.290 e. The Hall–Kier alpha value is -0.850. The molecule has 1 rings (SSSR count). The third-order valence-corrected chi connectivity index (χ3v) is 2.98. The first kappa shape index (κ1) is 11.2. The first-order valence-corrected chi connectivity index (χ1v) is 5.40. The number of rotatable bonds is 3. The first-order chi connectivity index (χ1) is 6.47. The Morgan fingerprint density at radius 3 is 2.71 bits per heavy atom. The van der Waals surface area contributed by atoms with Crippen LogP contribution < -0.4 is 0 Å². The Bertz CT molecular complexity index is 282. The highest BCUT2D eigenvalue weighted by Gasteiger charge is 2.30. The molecule has 0 fully saturated rings. The Kier molecular flexibility index (Phi) is 3.30. The average molecular weight is 192 g/mol. The summed E-state index contributed by atoms with van der Waals surface area (Å²) < 4.78 is 0. The van der Waals surface area contributed by atoms with E-state index < -0.39 is 0 Å². The van der Waals surface area contributed by atoms with Gasteiger partial charge in [-0.05, 0) is 36.3 Å². The summed E-state index contributed by atoms with van der Waals surface area (Å²) in [6, 6.07) is 0. The Balaban J connectivity index is 2.84. The summed E-state index contributed by atoms with van der Waals surface area (Å²) in [7, 11) is 0. The lowest BCUT2D eigenvalue weighted by Gasteiger charge is -2.32. The van der Waals surface area contributed by atoms with Crippen LogP contribution in [0.2, 0.25) is 0 Å². The number of allylic oxidation sites excluding steroid dienone is 3. The van der Waals surface area contributed by atoms with Gasteiger partial charge in [0.1, 0.15) is 0 Å². The van der Waals surface area contributed by atoms with E-state index in [1.165, 1.54) is 18.4 Å². The van der Waals surface area contributed by atoms with Crippen LogP contribution in [-0.2, 0) is 4.79 Å². The predicted octanol–water partition coefficient (Wildman–Crippen LogP) is 3.66.